The van der Waals surface area contributed by atoms with E-state index in [1.807, 2.05) is 6.92 Å². The summed E-state index contributed by atoms with van der Waals surface area (Å²) in [5.41, 5.74) is 8.77. The van der Waals surface area contributed by atoms with E-state index < -0.39 is 0 Å². The summed E-state index contributed by atoms with van der Waals surface area (Å²) in [5, 5.41) is 10.6. The van der Waals surface area contributed by atoms with Crippen LogP contribution in [0.1, 0.15) is 186 Å². The third-order valence-electron chi connectivity index (χ3n) is 9.61. The van der Waals surface area contributed by atoms with E-state index in [4.69, 9.17) is 0 Å². The molecule has 0 aromatic heterocycles. The molecule has 0 saturated heterocycles. The first-order valence-corrected chi connectivity index (χ1v) is 21.4. The molecule has 52 heavy (non-hydrogen) atoms. The molecule has 0 amide bonds. The minimum absolute atomic E-state index is 0.995. The van der Waals surface area contributed by atoms with Crippen LogP contribution in [0.25, 0.3) is 5.57 Å². The molecule has 0 atom stereocenters. The summed E-state index contributed by atoms with van der Waals surface area (Å²) in [4.78, 5) is 0. The molecule has 0 aliphatic heterocycles. The Balaban J connectivity index is 0.00000835. The number of unbranched alkanes of at least 4 members (excludes halogenated alkanes) is 16. The Labute approximate surface area is 325 Å². The topological polar surface area (TPSA) is 36.1 Å². The highest BCUT2D eigenvalue weighted by molar-refractivity contribution is 5.61. The van der Waals surface area contributed by atoms with Crippen LogP contribution in [-0.4, -0.2) is 19.6 Å². The van der Waals surface area contributed by atoms with Crippen LogP contribution >= 0.6 is 0 Å². The fourth-order valence-corrected chi connectivity index (χ4v) is 6.30. The smallest absolute Gasteiger partial charge is 0.0147 e. The second-order valence-electron chi connectivity index (χ2n) is 15.3. The molecule has 0 bridgehead atoms. The molecule has 0 aliphatic rings. The lowest BCUT2D eigenvalue weighted by Crippen LogP contribution is -2.17. The summed E-state index contributed by atoms with van der Waals surface area (Å²) in [6.07, 6.45) is 33.6. The largest absolute Gasteiger partial charge is 0.389 e. The van der Waals surface area contributed by atoms with Gasteiger partial charge in [0.2, 0.25) is 0 Å². The number of rotatable bonds is 36. The monoisotopic (exact) mass is 716 g/mol. The summed E-state index contributed by atoms with van der Waals surface area (Å²) < 4.78 is 0. The highest BCUT2D eigenvalue weighted by Gasteiger charge is 2.01. The van der Waals surface area contributed by atoms with E-state index in [0.29, 0.717) is 0 Å². The second-order valence-corrected chi connectivity index (χ2v) is 15.3. The number of benzene rings is 1. The number of allylic oxidation sites excluding steroid dienone is 6. The third kappa shape index (κ3) is 34.2. The van der Waals surface area contributed by atoms with Crippen molar-refractivity contribution in [3.8, 4) is 0 Å². The first kappa shape index (κ1) is 49.1. The van der Waals surface area contributed by atoms with Gasteiger partial charge in [-0.15, -0.1) is 13.2 Å². The zero-order valence-corrected chi connectivity index (χ0v) is 34.9. The fraction of sp³-hybridized carbons (Fsp3) is 0.633. The molecule has 0 saturated carbocycles. The molecule has 0 heterocycles. The zero-order valence-electron chi connectivity index (χ0n) is 34.9. The molecule has 3 N–H and O–H groups in total. The molecular formula is C49H85N3. The average Bonchev–Trinajstić information content (AvgIpc) is 3.11. The van der Waals surface area contributed by atoms with Crippen molar-refractivity contribution in [1.82, 2.24) is 16.0 Å². The van der Waals surface area contributed by atoms with Gasteiger partial charge in [-0.25, -0.2) is 0 Å². The van der Waals surface area contributed by atoms with Gasteiger partial charge in [0.05, 0.1) is 0 Å². The maximum atomic E-state index is 4.25. The van der Waals surface area contributed by atoms with Gasteiger partial charge in [0, 0.05) is 36.7 Å². The van der Waals surface area contributed by atoms with E-state index in [-0.39, 0.29) is 0 Å². The Morgan fingerprint density at radius 2 is 0.788 bits per heavy atom. The van der Waals surface area contributed by atoms with Crippen molar-refractivity contribution in [3.05, 3.63) is 104 Å². The van der Waals surface area contributed by atoms with Gasteiger partial charge in [0.25, 0.3) is 0 Å². The SMILES string of the molecule is C=C(C)CCCCCCCNC(=C)CCCCCCCNC(=C)CCCNC(=C)CCCCCCCCCCCc1ccc(C(=C)C)cc1.C=CC. The normalized spacial score (nSPS) is 10.5. The molecule has 0 radical (unpaired) electrons. The van der Waals surface area contributed by atoms with Crippen molar-refractivity contribution < 1.29 is 0 Å². The van der Waals surface area contributed by atoms with Gasteiger partial charge in [-0.2, -0.15) is 0 Å². The molecule has 3 nitrogen and oxygen atoms in total. The molecule has 1 aromatic rings. The number of hydrogen-bond donors (Lipinski definition) is 3. The Bertz CT molecular complexity index is 1060. The predicted octanol–water partition coefficient (Wildman–Crippen LogP) is 14.7. The van der Waals surface area contributed by atoms with Crippen LogP contribution in [0, 0.1) is 0 Å². The predicted molar refractivity (Wildman–Crippen MR) is 238 cm³/mol. The molecule has 0 aliphatic carbocycles. The number of nitrogens with one attached hydrogen (secondary N) is 3. The van der Waals surface area contributed by atoms with Crippen molar-refractivity contribution in [1.29, 1.82) is 0 Å². The van der Waals surface area contributed by atoms with Crippen molar-refractivity contribution in [2.75, 3.05) is 19.6 Å². The quantitative estimate of drug-likeness (QED) is 0.0478. The lowest BCUT2D eigenvalue weighted by molar-refractivity contribution is 0.553. The Kier molecular flexibility index (Phi) is 34.4. The number of hydrogen-bond acceptors (Lipinski definition) is 3. The van der Waals surface area contributed by atoms with Crippen LogP contribution in [0.5, 0.6) is 0 Å². The molecule has 1 rings (SSSR count). The molecule has 1 aromatic carbocycles. The van der Waals surface area contributed by atoms with Crippen LogP contribution in [-0.2, 0) is 6.42 Å². The van der Waals surface area contributed by atoms with Crippen molar-refractivity contribution in [3.63, 3.8) is 0 Å². The van der Waals surface area contributed by atoms with Crippen LogP contribution in [0.3, 0.4) is 0 Å². The molecule has 296 valence electrons. The van der Waals surface area contributed by atoms with Crippen molar-refractivity contribution in [2.45, 2.75) is 181 Å². The molecule has 3 heteroatoms. The third-order valence-corrected chi connectivity index (χ3v) is 9.61. The average molecular weight is 716 g/mol. The van der Waals surface area contributed by atoms with Gasteiger partial charge in [0.15, 0.2) is 0 Å². The summed E-state index contributed by atoms with van der Waals surface area (Å²) >= 11 is 0. The van der Waals surface area contributed by atoms with Gasteiger partial charge in [-0.3, -0.25) is 0 Å². The summed E-state index contributed by atoms with van der Waals surface area (Å²) in [5.74, 6) is 0. The molecule has 0 spiro atoms. The standard InChI is InChI=1S/C46H79N3.C3H6/c1-40(2)28-21-15-13-19-25-37-47-42(5)29-23-17-14-20-26-38-48-44(7)31-27-39-49-43(6)30-22-16-11-9-8-10-12-18-24-32-45-33-35-46(36-34-45)41(3)4;1-3-2/h33-36,47-49H,1,3,5-32,37-39H2,2,4H3;3H,1H2,2H3. The van der Waals surface area contributed by atoms with E-state index in [1.54, 1.807) is 6.08 Å². The molecule has 0 unspecified atom stereocenters. The van der Waals surface area contributed by atoms with E-state index in [0.717, 1.165) is 50.9 Å². The highest BCUT2D eigenvalue weighted by atomic mass is 14.9. The van der Waals surface area contributed by atoms with Crippen molar-refractivity contribution >= 4 is 5.57 Å². The van der Waals surface area contributed by atoms with E-state index in [2.05, 4.69) is 93.5 Å². The van der Waals surface area contributed by atoms with Gasteiger partial charge < -0.3 is 16.0 Å². The maximum Gasteiger partial charge on any atom is 0.0147 e. The minimum atomic E-state index is 0.995. The van der Waals surface area contributed by atoms with E-state index >= 15 is 0 Å². The first-order chi connectivity index (χ1) is 25.2. The van der Waals surface area contributed by atoms with Gasteiger partial charge >= 0.3 is 0 Å². The van der Waals surface area contributed by atoms with E-state index in [9.17, 15) is 0 Å². The molecule has 0 fully saturated rings. The van der Waals surface area contributed by atoms with Crippen LogP contribution in [0.4, 0.5) is 0 Å². The Morgan fingerprint density at radius 1 is 0.462 bits per heavy atom. The highest BCUT2D eigenvalue weighted by Crippen LogP contribution is 2.16. The van der Waals surface area contributed by atoms with Gasteiger partial charge in [0.1, 0.15) is 0 Å². The van der Waals surface area contributed by atoms with Crippen LogP contribution in [0.15, 0.2) is 92.5 Å². The Hall–Kier alpha value is -2.94. The first-order valence-electron chi connectivity index (χ1n) is 21.4. The van der Waals surface area contributed by atoms with Gasteiger partial charge in [-0.1, -0.05) is 151 Å². The zero-order chi connectivity index (χ0) is 38.5. The van der Waals surface area contributed by atoms with Crippen LogP contribution in [0.2, 0.25) is 0 Å². The summed E-state index contributed by atoms with van der Waals surface area (Å²) in [6.45, 7) is 33.3. The summed E-state index contributed by atoms with van der Waals surface area (Å²) in [7, 11) is 0. The van der Waals surface area contributed by atoms with Crippen molar-refractivity contribution in [2.24, 2.45) is 0 Å². The maximum absolute atomic E-state index is 4.25. The fourth-order valence-electron chi connectivity index (χ4n) is 6.30. The van der Waals surface area contributed by atoms with E-state index in [1.165, 1.54) is 169 Å². The number of aryl methyl sites for hydroxylation is 1. The lowest BCUT2D eigenvalue weighted by atomic mass is 10.0. The van der Waals surface area contributed by atoms with Gasteiger partial charge in [-0.05, 0) is 109 Å². The molecular weight excluding hydrogens is 631 g/mol. The Morgan fingerprint density at radius 3 is 1.19 bits per heavy atom. The minimum Gasteiger partial charge on any atom is -0.389 e. The van der Waals surface area contributed by atoms with Crippen LogP contribution < -0.4 is 16.0 Å². The second kappa shape index (κ2) is 36.4. The lowest BCUT2D eigenvalue weighted by Gasteiger charge is -2.12. The summed E-state index contributed by atoms with van der Waals surface area (Å²) in [6, 6.07) is 8.95.